The van der Waals surface area contributed by atoms with Gasteiger partial charge in [-0.1, -0.05) is 11.3 Å². The van der Waals surface area contributed by atoms with Crippen LogP contribution in [0.2, 0.25) is 0 Å². The molecule has 1 aromatic carbocycles. The quantitative estimate of drug-likeness (QED) is 0.797. The number of benzene rings is 1. The van der Waals surface area contributed by atoms with Gasteiger partial charge in [0.05, 0.1) is 28.9 Å². The predicted octanol–water partition coefficient (Wildman–Crippen LogP) is 2.49. The number of ether oxygens (including phenoxy) is 1. The molecule has 0 saturated heterocycles. The number of hydrogen-bond donors (Lipinski definition) is 2. The molecule has 2 aromatic rings. The van der Waals surface area contributed by atoms with Crippen molar-refractivity contribution in [2.24, 2.45) is 0 Å². The van der Waals surface area contributed by atoms with E-state index in [1.807, 2.05) is 0 Å². The Balaban J connectivity index is 1.99. The van der Waals surface area contributed by atoms with Crippen molar-refractivity contribution in [1.82, 2.24) is 10.3 Å². The summed E-state index contributed by atoms with van der Waals surface area (Å²) < 4.78 is 43.3. The predicted molar refractivity (Wildman–Crippen MR) is 78.0 cm³/mol. The number of aromatic nitrogens is 1. The second-order valence-corrected chi connectivity index (χ2v) is 5.43. The molecule has 120 valence electrons. The van der Waals surface area contributed by atoms with Gasteiger partial charge in [0.2, 0.25) is 5.91 Å². The van der Waals surface area contributed by atoms with Crippen molar-refractivity contribution in [3.63, 3.8) is 0 Å². The first-order valence-electron chi connectivity index (χ1n) is 6.37. The molecule has 0 aliphatic rings. The number of halogens is 3. The molecule has 1 heterocycles. The second kappa shape index (κ2) is 6.93. The maximum absolute atomic E-state index is 12.6. The van der Waals surface area contributed by atoms with Crippen LogP contribution in [0.15, 0.2) is 18.2 Å². The van der Waals surface area contributed by atoms with E-state index < -0.39 is 11.7 Å². The first-order valence-corrected chi connectivity index (χ1v) is 7.19. The molecule has 0 atom stereocenters. The zero-order valence-electron chi connectivity index (χ0n) is 11.7. The van der Waals surface area contributed by atoms with Crippen LogP contribution in [0.25, 0.3) is 10.2 Å². The van der Waals surface area contributed by atoms with Gasteiger partial charge < -0.3 is 15.4 Å². The highest BCUT2D eigenvalue weighted by molar-refractivity contribution is 7.22. The molecule has 2 rings (SSSR count). The van der Waals surface area contributed by atoms with Crippen LogP contribution in [0.5, 0.6) is 0 Å². The third-order valence-electron chi connectivity index (χ3n) is 2.74. The van der Waals surface area contributed by atoms with E-state index in [1.54, 1.807) is 0 Å². The van der Waals surface area contributed by atoms with Gasteiger partial charge in [0, 0.05) is 13.7 Å². The van der Waals surface area contributed by atoms with Crippen LogP contribution >= 0.6 is 11.3 Å². The molecule has 0 fully saturated rings. The van der Waals surface area contributed by atoms with Gasteiger partial charge in [-0.15, -0.1) is 0 Å². The van der Waals surface area contributed by atoms with E-state index in [0.717, 1.165) is 12.1 Å². The lowest BCUT2D eigenvalue weighted by atomic mass is 10.2. The highest BCUT2D eigenvalue weighted by Gasteiger charge is 2.30. The third kappa shape index (κ3) is 4.31. The van der Waals surface area contributed by atoms with E-state index in [1.165, 1.54) is 24.5 Å². The average Bonchev–Trinajstić information content (AvgIpc) is 2.86. The second-order valence-electron chi connectivity index (χ2n) is 4.40. The molecule has 0 aliphatic carbocycles. The Bertz CT molecular complexity index is 658. The molecule has 0 bridgehead atoms. The Morgan fingerprint density at radius 1 is 1.41 bits per heavy atom. The summed E-state index contributed by atoms with van der Waals surface area (Å²) in [7, 11) is 1.53. The van der Waals surface area contributed by atoms with Gasteiger partial charge >= 0.3 is 6.18 Å². The summed E-state index contributed by atoms with van der Waals surface area (Å²) in [5.74, 6) is -0.243. The largest absolute Gasteiger partial charge is 0.416 e. The summed E-state index contributed by atoms with van der Waals surface area (Å²) >= 11 is 1.19. The molecule has 2 N–H and O–H groups in total. The molecule has 0 aliphatic heterocycles. The van der Waals surface area contributed by atoms with Gasteiger partial charge in [0.1, 0.15) is 0 Å². The van der Waals surface area contributed by atoms with Gasteiger partial charge in [-0.05, 0) is 18.2 Å². The Morgan fingerprint density at radius 2 is 2.18 bits per heavy atom. The number of nitrogens with zero attached hydrogens (tertiary/aromatic N) is 1. The molecule has 0 spiro atoms. The number of alkyl halides is 3. The number of nitrogens with one attached hydrogen (secondary N) is 2. The van der Waals surface area contributed by atoms with E-state index in [9.17, 15) is 18.0 Å². The van der Waals surface area contributed by atoms with Gasteiger partial charge in [-0.3, -0.25) is 4.79 Å². The molecule has 5 nitrogen and oxygen atoms in total. The first kappa shape index (κ1) is 16.5. The summed E-state index contributed by atoms with van der Waals surface area (Å²) in [5, 5.41) is 5.81. The molecule has 1 aromatic heterocycles. The van der Waals surface area contributed by atoms with E-state index in [2.05, 4.69) is 15.6 Å². The van der Waals surface area contributed by atoms with Gasteiger partial charge in [0.25, 0.3) is 0 Å². The fraction of sp³-hybridized carbons (Fsp3) is 0.385. The fourth-order valence-corrected chi connectivity index (χ4v) is 2.53. The van der Waals surface area contributed by atoms with Crippen LogP contribution in [0, 0.1) is 0 Å². The van der Waals surface area contributed by atoms with Crippen molar-refractivity contribution < 1.29 is 22.7 Å². The Morgan fingerprint density at radius 3 is 2.86 bits per heavy atom. The zero-order valence-corrected chi connectivity index (χ0v) is 12.5. The maximum Gasteiger partial charge on any atom is 0.416 e. The minimum Gasteiger partial charge on any atom is -0.383 e. The summed E-state index contributed by atoms with van der Waals surface area (Å²) in [6.07, 6.45) is -4.40. The monoisotopic (exact) mass is 333 g/mol. The smallest absolute Gasteiger partial charge is 0.383 e. The molecule has 0 saturated carbocycles. The topological polar surface area (TPSA) is 63.2 Å². The zero-order chi connectivity index (χ0) is 16.2. The van der Waals surface area contributed by atoms with Crippen molar-refractivity contribution in [2.75, 3.05) is 32.1 Å². The first-order chi connectivity index (χ1) is 10.4. The number of anilines is 1. The molecular weight excluding hydrogens is 319 g/mol. The Hall–Kier alpha value is -1.87. The normalized spacial score (nSPS) is 11.6. The van der Waals surface area contributed by atoms with Crippen molar-refractivity contribution >= 4 is 32.6 Å². The standard InChI is InChI=1S/C13H14F3N3O2S/c1-21-5-4-17-11(20)7-18-12-19-9-6-8(13(14,15)16)2-3-10(9)22-12/h2-3,6H,4-5,7H2,1H3,(H,17,20)(H,18,19). The third-order valence-corrected chi connectivity index (χ3v) is 3.74. The van der Waals surface area contributed by atoms with Gasteiger partial charge in [-0.25, -0.2) is 4.98 Å². The van der Waals surface area contributed by atoms with Crippen LogP contribution in [-0.2, 0) is 15.7 Å². The molecule has 0 unspecified atom stereocenters. The average molecular weight is 333 g/mol. The highest BCUT2D eigenvalue weighted by Crippen LogP contribution is 2.33. The van der Waals surface area contributed by atoms with Gasteiger partial charge in [0.15, 0.2) is 5.13 Å². The van der Waals surface area contributed by atoms with E-state index >= 15 is 0 Å². The fourth-order valence-electron chi connectivity index (χ4n) is 1.69. The van der Waals surface area contributed by atoms with Crippen molar-refractivity contribution in [3.05, 3.63) is 23.8 Å². The molecular formula is C13H14F3N3O2S. The summed E-state index contributed by atoms with van der Waals surface area (Å²) in [4.78, 5) is 15.5. The number of carbonyl (C=O) groups excluding carboxylic acids is 1. The molecule has 22 heavy (non-hydrogen) atoms. The van der Waals surface area contributed by atoms with Gasteiger partial charge in [-0.2, -0.15) is 13.2 Å². The molecule has 1 amide bonds. The summed E-state index contributed by atoms with van der Waals surface area (Å²) in [6, 6.07) is 3.39. The minimum atomic E-state index is -4.40. The number of thiazole rings is 1. The van der Waals surface area contributed by atoms with E-state index in [4.69, 9.17) is 4.74 Å². The minimum absolute atomic E-state index is 0.00430. The number of methoxy groups -OCH3 is 1. The number of amides is 1. The van der Waals surface area contributed by atoms with Crippen LogP contribution in [0.4, 0.5) is 18.3 Å². The van der Waals surface area contributed by atoms with Crippen molar-refractivity contribution in [1.29, 1.82) is 0 Å². The summed E-state index contributed by atoms with van der Waals surface area (Å²) in [6.45, 7) is 0.800. The SMILES string of the molecule is COCCNC(=O)CNc1nc2cc(C(F)(F)F)ccc2s1. The van der Waals surface area contributed by atoms with Crippen LogP contribution < -0.4 is 10.6 Å². The Labute approximate surface area is 128 Å². The number of fused-ring (bicyclic) bond motifs is 1. The van der Waals surface area contributed by atoms with Crippen molar-refractivity contribution in [3.8, 4) is 0 Å². The highest BCUT2D eigenvalue weighted by atomic mass is 32.1. The lowest BCUT2D eigenvalue weighted by molar-refractivity contribution is -0.137. The van der Waals surface area contributed by atoms with Crippen molar-refractivity contribution in [2.45, 2.75) is 6.18 Å². The lowest BCUT2D eigenvalue weighted by Crippen LogP contribution is -2.32. The number of rotatable bonds is 6. The molecule has 9 heteroatoms. The Kier molecular flexibility index (Phi) is 5.19. The van der Waals surface area contributed by atoms with Crippen LogP contribution in [-0.4, -0.2) is 37.7 Å². The van der Waals surface area contributed by atoms with E-state index in [0.29, 0.717) is 23.0 Å². The van der Waals surface area contributed by atoms with Crippen LogP contribution in [0.3, 0.4) is 0 Å². The number of hydrogen-bond acceptors (Lipinski definition) is 5. The van der Waals surface area contributed by atoms with E-state index in [-0.39, 0.29) is 18.0 Å². The van der Waals surface area contributed by atoms with Crippen LogP contribution in [0.1, 0.15) is 5.56 Å². The summed E-state index contributed by atoms with van der Waals surface area (Å²) in [5.41, 5.74) is -0.490. The number of carbonyl (C=O) groups is 1. The molecule has 0 radical (unpaired) electrons. The maximum atomic E-state index is 12.6. The lowest BCUT2D eigenvalue weighted by Gasteiger charge is -2.05.